The molecule has 0 aliphatic carbocycles. The average molecular weight is 378 g/mol. The van der Waals surface area contributed by atoms with Crippen molar-refractivity contribution in [2.45, 2.75) is 5.54 Å². The molecule has 6 nitrogen and oxygen atoms in total. The van der Waals surface area contributed by atoms with E-state index < -0.39 is 5.54 Å². The van der Waals surface area contributed by atoms with Crippen LogP contribution in [0.4, 0.5) is 4.79 Å². The Labute approximate surface area is 165 Å². The monoisotopic (exact) mass is 378 g/mol. The maximum Gasteiger partial charge on any atom is 0.325 e. The zero-order valence-corrected chi connectivity index (χ0v) is 16.2. The van der Waals surface area contributed by atoms with Crippen LogP contribution in [0.1, 0.15) is 11.1 Å². The lowest BCUT2D eigenvalue weighted by atomic mass is 9.82. The second kappa shape index (κ2) is 7.73. The molecule has 28 heavy (non-hydrogen) atoms. The number of urea groups is 1. The Morgan fingerprint density at radius 2 is 1.36 bits per heavy atom. The van der Waals surface area contributed by atoms with Crippen molar-refractivity contribution in [1.29, 1.82) is 0 Å². The first-order chi connectivity index (χ1) is 13.6. The van der Waals surface area contributed by atoms with Gasteiger partial charge in [-0.25, -0.2) is 4.79 Å². The van der Waals surface area contributed by atoms with Crippen LogP contribution in [0.15, 0.2) is 60.7 Å². The lowest BCUT2D eigenvalue weighted by Gasteiger charge is -2.33. The molecule has 1 N–H and O–H groups in total. The molecule has 0 radical (unpaired) electrons. The smallest absolute Gasteiger partial charge is 0.315 e. The molecular formula is C22H26N4O2. The zero-order valence-electron chi connectivity index (χ0n) is 16.2. The Morgan fingerprint density at radius 3 is 1.89 bits per heavy atom. The molecule has 0 unspecified atom stereocenters. The molecule has 0 aromatic heterocycles. The molecule has 2 saturated heterocycles. The third-order valence-electron chi connectivity index (χ3n) is 5.75. The molecule has 2 aromatic carbocycles. The van der Waals surface area contributed by atoms with Crippen LogP contribution in [-0.4, -0.2) is 73.0 Å². The number of benzene rings is 2. The Bertz CT molecular complexity index is 793. The fourth-order valence-electron chi connectivity index (χ4n) is 4.03. The van der Waals surface area contributed by atoms with E-state index in [-0.39, 0.29) is 11.9 Å². The van der Waals surface area contributed by atoms with Crippen LogP contribution in [0.25, 0.3) is 0 Å². The summed E-state index contributed by atoms with van der Waals surface area (Å²) < 4.78 is 0. The third kappa shape index (κ3) is 3.30. The molecule has 2 aliphatic rings. The molecule has 2 aromatic rings. The van der Waals surface area contributed by atoms with Crippen molar-refractivity contribution in [2.75, 3.05) is 46.3 Å². The summed E-state index contributed by atoms with van der Waals surface area (Å²) in [6, 6.07) is 18.7. The average Bonchev–Trinajstić information content (AvgIpc) is 3.00. The summed E-state index contributed by atoms with van der Waals surface area (Å²) in [5.74, 6) is -0.205. The van der Waals surface area contributed by atoms with Crippen molar-refractivity contribution in [3.05, 3.63) is 71.8 Å². The Kier molecular flexibility index (Phi) is 5.15. The number of imide groups is 1. The quantitative estimate of drug-likeness (QED) is 0.805. The molecule has 0 saturated carbocycles. The fraction of sp³-hybridized carbons (Fsp3) is 0.364. The van der Waals surface area contributed by atoms with Gasteiger partial charge in [0.25, 0.3) is 5.91 Å². The number of hydrogen-bond acceptors (Lipinski definition) is 4. The highest BCUT2D eigenvalue weighted by molar-refractivity contribution is 6.09. The minimum Gasteiger partial charge on any atom is -0.315 e. The zero-order chi connectivity index (χ0) is 19.6. The third-order valence-corrected chi connectivity index (χ3v) is 5.75. The molecule has 0 atom stereocenters. The molecule has 2 aliphatic heterocycles. The van der Waals surface area contributed by atoms with Gasteiger partial charge in [-0.15, -0.1) is 0 Å². The topological polar surface area (TPSA) is 55.9 Å². The molecule has 3 amide bonds. The van der Waals surface area contributed by atoms with Crippen LogP contribution in [0.3, 0.4) is 0 Å². The Morgan fingerprint density at radius 1 is 0.821 bits per heavy atom. The summed E-state index contributed by atoms with van der Waals surface area (Å²) in [5.41, 5.74) is 0.394. The number of nitrogens with zero attached hydrogens (tertiary/aromatic N) is 3. The highest BCUT2D eigenvalue weighted by Crippen LogP contribution is 2.35. The van der Waals surface area contributed by atoms with E-state index in [1.807, 2.05) is 60.7 Å². The van der Waals surface area contributed by atoms with Crippen LogP contribution in [0, 0.1) is 0 Å². The van der Waals surface area contributed by atoms with Gasteiger partial charge < -0.3 is 10.2 Å². The van der Waals surface area contributed by atoms with Crippen LogP contribution in [0.5, 0.6) is 0 Å². The first kappa shape index (κ1) is 18.7. The van der Waals surface area contributed by atoms with Crippen molar-refractivity contribution in [1.82, 2.24) is 20.0 Å². The van der Waals surface area contributed by atoms with E-state index >= 15 is 0 Å². The maximum atomic E-state index is 13.6. The van der Waals surface area contributed by atoms with Gasteiger partial charge in [-0.1, -0.05) is 60.7 Å². The SMILES string of the molecule is CN1CCN(CCN2C(=O)NC(c3ccccc3)(c3ccccc3)C2=O)CC1. The van der Waals surface area contributed by atoms with Crippen molar-refractivity contribution >= 4 is 11.9 Å². The number of nitrogens with one attached hydrogen (secondary N) is 1. The van der Waals surface area contributed by atoms with Crippen LogP contribution < -0.4 is 5.32 Å². The van der Waals surface area contributed by atoms with Gasteiger partial charge in [-0.3, -0.25) is 14.6 Å². The van der Waals surface area contributed by atoms with Gasteiger partial charge in [0.05, 0.1) is 0 Å². The first-order valence-corrected chi connectivity index (χ1v) is 9.77. The van der Waals surface area contributed by atoms with Crippen molar-refractivity contribution in [3.8, 4) is 0 Å². The predicted octanol–water partition coefficient (Wildman–Crippen LogP) is 1.73. The highest BCUT2D eigenvalue weighted by atomic mass is 16.2. The van der Waals surface area contributed by atoms with E-state index in [9.17, 15) is 9.59 Å². The molecule has 2 heterocycles. The number of carbonyl (C=O) groups excluding carboxylic acids is 2. The van der Waals surface area contributed by atoms with Gasteiger partial charge >= 0.3 is 6.03 Å². The first-order valence-electron chi connectivity index (χ1n) is 9.77. The van der Waals surface area contributed by atoms with E-state index in [4.69, 9.17) is 0 Å². The number of likely N-dealkylation sites (N-methyl/N-ethyl adjacent to an activating group) is 1. The van der Waals surface area contributed by atoms with Crippen molar-refractivity contribution in [3.63, 3.8) is 0 Å². The predicted molar refractivity (Wildman–Crippen MR) is 108 cm³/mol. The summed E-state index contributed by atoms with van der Waals surface area (Å²) in [7, 11) is 2.11. The molecular weight excluding hydrogens is 352 g/mol. The number of rotatable bonds is 5. The number of carbonyl (C=O) groups is 2. The lowest BCUT2D eigenvalue weighted by Crippen LogP contribution is -2.48. The maximum absolute atomic E-state index is 13.6. The van der Waals surface area contributed by atoms with Gasteiger partial charge in [0.15, 0.2) is 5.54 Å². The summed E-state index contributed by atoms with van der Waals surface area (Å²) in [4.78, 5) is 32.4. The summed E-state index contributed by atoms with van der Waals surface area (Å²) in [6.07, 6.45) is 0. The van der Waals surface area contributed by atoms with E-state index in [2.05, 4.69) is 22.2 Å². The lowest BCUT2D eigenvalue weighted by molar-refractivity contribution is -0.130. The molecule has 4 rings (SSSR count). The minimum absolute atomic E-state index is 0.205. The minimum atomic E-state index is -1.16. The summed E-state index contributed by atoms with van der Waals surface area (Å²) in [6.45, 7) is 5.05. The molecule has 0 bridgehead atoms. The number of piperazine rings is 1. The van der Waals surface area contributed by atoms with E-state index in [0.29, 0.717) is 13.1 Å². The number of hydrogen-bond donors (Lipinski definition) is 1. The summed E-state index contributed by atoms with van der Waals surface area (Å²) in [5, 5.41) is 3.01. The van der Waals surface area contributed by atoms with Gasteiger partial charge in [-0.2, -0.15) is 0 Å². The van der Waals surface area contributed by atoms with Crippen LogP contribution in [0.2, 0.25) is 0 Å². The van der Waals surface area contributed by atoms with Gasteiger partial charge in [0, 0.05) is 39.3 Å². The largest absolute Gasteiger partial charge is 0.325 e. The molecule has 0 spiro atoms. The second-order valence-corrected chi connectivity index (χ2v) is 7.51. The molecule has 2 fully saturated rings. The molecule has 6 heteroatoms. The van der Waals surface area contributed by atoms with Crippen LogP contribution >= 0.6 is 0 Å². The van der Waals surface area contributed by atoms with E-state index in [0.717, 1.165) is 37.3 Å². The van der Waals surface area contributed by atoms with Crippen molar-refractivity contribution in [2.24, 2.45) is 0 Å². The van der Waals surface area contributed by atoms with E-state index in [1.54, 1.807) is 0 Å². The highest BCUT2D eigenvalue weighted by Gasteiger charge is 2.53. The fourth-order valence-corrected chi connectivity index (χ4v) is 4.03. The number of amides is 3. The normalized spacial score (nSPS) is 20.4. The van der Waals surface area contributed by atoms with Gasteiger partial charge in [-0.05, 0) is 18.2 Å². The van der Waals surface area contributed by atoms with E-state index in [1.165, 1.54) is 4.90 Å². The van der Waals surface area contributed by atoms with Gasteiger partial charge in [0.1, 0.15) is 0 Å². The summed E-state index contributed by atoms with van der Waals surface area (Å²) >= 11 is 0. The molecule has 146 valence electrons. The Balaban J connectivity index is 1.60. The second-order valence-electron chi connectivity index (χ2n) is 7.51. The standard InChI is InChI=1S/C22H26N4O2/c1-24-12-14-25(15-13-24)16-17-26-20(27)22(23-21(26)28,18-8-4-2-5-9-18)19-10-6-3-7-11-19/h2-11H,12-17H2,1H3,(H,23,28). The van der Waals surface area contributed by atoms with Crippen molar-refractivity contribution < 1.29 is 9.59 Å². The van der Waals surface area contributed by atoms with Crippen LogP contribution in [-0.2, 0) is 10.3 Å². The Hall–Kier alpha value is -2.70. The van der Waals surface area contributed by atoms with Gasteiger partial charge in [0.2, 0.25) is 0 Å².